The Labute approximate surface area is 166 Å². The summed E-state index contributed by atoms with van der Waals surface area (Å²) in [4.78, 5) is 36.2. The number of ether oxygens (including phenoxy) is 3. The third-order valence-corrected chi connectivity index (χ3v) is 3.80. The summed E-state index contributed by atoms with van der Waals surface area (Å²) in [7, 11) is 2.90. The largest absolute Gasteiger partial charge is 0.497 e. The SMILES string of the molecule is COc1cc(OC)cc(C(=O)NCC(=O)O[C@@H](C)C(=O)Nc2ccc(F)cc2)c1. The van der Waals surface area contributed by atoms with E-state index in [0.717, 1.165) is 0 Å². The molecule has 2 rings (SSSR count). The highest BCUT2D eigenvalue weighted by Gasteiger charge is 2.19. The Balaban J connectivity index is 1.86. The monoisotopic (exact) mass is 404 g/mol. The number of carbonyl (C=O) groups excluding carboxylic acids is 3. The lowest BCUT2D eigenvalue weighted by molar-refractivity contribution is -0.152. The lowest BCUT2D eigenvalue weighted by atomic mass is 10.2. The van der Waals surface area contributed by atoms with Crippen molar-refractivity contribution < 1.29 is 33.0 Å². The predicted octanol–water partition coefficient (Wildman–Crippen LogP) is 2.14. The van der Waals surface area contributed by atoms with Gasteiger partial charge in [-0.2, -0.15) is 0 Å². The minimum absolute atomic E-state index is 0.233. The number of nitrogens with one attached hydrogen (secondary N) is 2. The molecule has 0 aliphatic carbocycles. The smallest absolute Gasteiger partial charge is 0.326 e. The first kappa shape index (κ1) is 21.7. The normalized spacial score (nSPS) is 11.2. The molecule has 0 bridgehead atoms. The van der Waals surface area contributed by atoms with Crippen LogP contribution in [0.2, 0.25) is 0 Å². The summed E-state index contributed by atoms with van der Waals surface area (Å²) in [5.41, 5.74) is 0.593. The van der Waals surface area contributed by atoms with Crippen LogP contribution in [0.15, 0.2) is 42.5 Å². The fraction of sp³-hybridized carbons (Fsp3) is 0.250. The van der Waals surface area contributed by atoms with Gasteiger partial charge in [0.2, 0.25) is 0 Å². The number of benzene rings is 2. The Hall–Kier alpha value is -3.62. The Morgan fingerprint density at radius 2 is 1.59 bits per heavy atom. The van der Waals surface area contributed by atoms with Crippen molar-refractivity contribution in [3.8, 4) is 11.5 Å². The van der Waals surface area contributed by atoms with Crippen molar-refractivity contribution in [3.05, 3.63) is 53.8 Å². The first-order valence-electron chi connectivity index (χ1n) is 8.59. The summed E-state index contributed by atoms with van der Waals surface area (Å²) in [6, 6.07) is 9.72. The van der Waals surface area contributed by atoms with E-state index in [-0.39, 0.29) is 5.56 Å². The fourth-order valence-corrected chi connectivity index (χ4v) is 2.26. The molecule has 29 heavy (non-hydrogen) atoms. The van der Waals surface area contributed by atoms with E-state index in [1.807, 2.05) is 0 Å². The number of methoxy groups -OCH3 is 2. The lowest BCUT2D eigenvalue weighted by Gasteiger charge is -2.14. The van der Waals surface area contributed by atoms with Gasteiger partial charge < -0.3 is 24.8 Å². The van der Waals surface area contributed by atoms with Crippen LogP contribution < -0.4 is 20.1 Å². The Morgan fingerprint density at radius 3 is 2.14 bits per heavy atom. The molecule has 0 saturated heterocycles. The molecule has 0 aliphatic rings. The predicted molar refractivity (Wildman–Crippen MR) is 102 cm³/mol. The van der Waals surface area contributed by atoms with Gasteiger partial charge in [-0.3, -0.25) is 14.4 Å². The van der Waals surface area contributed by atoms with E-state index in [1.54, 1.807) is 6.07 Å². The maximum atomic E-state index is 12.9. The van der Waals surface area contributed by atoms with Crippen molar-refractivity contribution in [3.63, 3.8) is 0 Å². The second-order valence-corrected chi connectivity index (χ2v) is 5.91. The molecular formula is C20H21FN2O6. The Kier molecular flexibility index (Phi) is 7.53. The Morgan fingerprint density at radius 1 is 1.00 bits per heavy atom. The third-order valence-electron chi connectivity index (χ3n) is 3.80. The summed E-state index contributed by atoms with van der Waals surface area (Å²) in [6.45, 7) is 0.942. The third kappa shape index (κ3) is 6.49. The number of amides is 2. The van der Waals surface area contributed by atoms with Crippen LogP contribution in [0.3, 0.4) is 0 Å². The number of carbonyl (C=O) groups is 3. The molecule has 154 valence electrons. The highest BCUT2D eigenvalue weighted by atomic mass is 19.1. The maximum absolute atomic E-state index is 12.9. The van der Waals surface area contributed by atoms with E-state index < -0.39 is 36.2 Å². The highest BCUT2D eigenvalue weighted by Crippen LogP contribution is 2.22. The van der Waals surface area contributed by atoms with Crippen molar-refractivity contribution in [1.82, 2.24) is 5.32 Å². The van der Waals surface area contributed by atoms with Gasteiger partial charge in [-0.25, -0.2) is 4.39 Å². The molecule has 2 amide bonds. The molecule has 0 heterocycles. The molecule has 0 aliphatic heterocycles. The standard InChI is InChI=1S/C20H21FN2O6/c1-12(19(25)23-15-6-4-14(21)5-7-15)29-18(24)11-22-20(26)13-8-16(27-2)10-17(9-13)28-3/h4-10,12H,11H2,1-3H3,(H,22,26)(H,23,25)/t12-/m0/s1. The van der Waals surface area contributed by atoms with Crippen molar-refractivity contribution >= 4 is 23.5 Å². The van der Waals surface area contributed by atoms with Crippen LogP contribution in [-0.4, -0.2) is 44.7 Å². The van der Waals surface area contributed by atoms with Crippen LogP contribution in [0.25, 0.3) is 0 Å². The molecule has 0 spiro atoms. The molecule has 2 aromatic rings. The topological polar surface area (TPSA) is 103 Å². The van der Waals surface area contributed by atoms with Crippen molar-refractivity contribution in [2.45, 2.75) is 13.0 Å². The van der Waals surface area contributed by atoms with Gasteiger partial charge in [0.25, 0.3) is 11.8 Å². The van der Waals surface area contributed by atoms with Gasteiger partial charge in [0, 0.05) is 17.3 Å². The second-order valence-electron chi connectivity index (χ2n) is 5.91. The lowest BCUT2D eigenvalue weighted by Crippen LogP contribution is -2.35. The number of hydrogen-bond donors (Lipinski definition) is 2. The number of esters is 1. The van der Waals surface area contributed by atoms with Gasteiger partial charge in [0.15, 0.2) is 6.10 Å². The van der Waals surface area contributed by atoms with Crippen LogP contribution in [0, 0.1) is 5.82 Å². The van der Waals surface area contributed by atoms with Crippen LogP contribution in [0.4, 0.5) is 10.1 Å². The van der Waals surface area contributed by atoms with Gasteiger partial charge in [-0.05, 0) is 43.3 Å². The molecule has 0 fully saturated rings. The summed E-state index contributed by atoms with van der Waals surface area (Å²) in [5.74, 6) is -1.52. The molecule has 0 radical (unpaired) electrons. The van der Waals surface area contributed by atoms with Gasteiger partial charge in [0.05, 0.1) is 14.2 Å². The maximum Gasteiger partial charge on any atom is 0.326 e. The van der Waals surface area contributed by atoms with E-state index in [9.17, 15) is 18.8 Å². The zero-order chi connectivity index (χ0) is 21.4. The zero-order valence-corrected chi connectivity index (χ0v) is 16.2. The highest BCUT2D eigenvalue weighted by molar-refractivity contribution is 5.97. The van der Waals surface area contributed by atoms with E-state index in [4.69, 9.17) is 14.2 Å². The molecular weight excluding hydrogens is 383 g/mol. The fourth-order valence-electron chi connectivity index (χ4n) is 2.26. The van der Waals surface area contributed by atoms with E-state index in [2.05, 4.69) is 10.6 Å². The average molecular weight is 404 g/mol. The molecule has 2 aromatic carbocycles. The quantitative estimate of drug-likeness (QED) is 0.654. The Bertz CT molecular complexity index is 863. The molecule has 9 heteroatoms. The van der Waals surface area contributed by atoms with E-state index >= 15 is 0 Å². The van der Waals surface area contributed by atoms with Crippen molar-refractivity contribution in [2.75, 3.05) is 26.1 Å². The number of hydrogen-bond acceptors (Lipinski definition) is 6. The van der Waals surface area contributed by atoms with Crippen LogP contribution in [-0.2, 0) is 14.3 Å². The first-order chi connectivity index (χ1) is 13.8. The molecule has 2 N–H and O–H groups in total. The molecule has 8 nitrogen and oxygen atoms in total. The number of rotatable bonds is 8. The van der Waals surface area contributed by atoms with Gasteiger partial charge in [-0.1, -0.05) is 0 Å². The summed E-state index contributed by atoms with van der Waals surface area (Å²) < 4.78 is 28.1. The molecule has 1 atom stereocenters. The van der Waals surface area contributed by atoms with Gasteiger partial charge in [0.1, 0.15) is 23.9 Å². The number of anilines is 1. The molecule has 0 aromatic heterocycles. The van der Waals surface area contributed by atoms with Crippen molar-refractivity contribution in [2.24, 2.45) is 0 Å². The molecule has 0 saturated carbocycles. The molecule has 0 unspecified atom stereocenters. The average Bonchev–Trinajstić information content (AvgIpc) is 2.72. The second kappa shape index (κ2) is 10.1. The van der Waals surface area contributed by atoms with Crippen LogP contribution in [0.1, 0.15) is 17.3 Å². The summed E-state index contributed by atoms with van der Waals surface area (Å²) in [5, 5.41) is 4.90. The van der Waals surface area contributed by atoms with Gasteiger partial charge in [-0.15, -0.1) is 0 Å². The van der Waals surface area contributed by atoms with Crippen LogP contribution in [0.5, 0.6) is 11.5 Å². The summed E-state index contributed by atoms with van der Waals surface area (Å²) in [6.07, 6.45) is -1.11. The summed E-state index contributed by atoms with van der Waals surface area (Å²) >= 11 is 0. The van der Waals surface area contributed by atoms with Crippen molar-refractivity contribution in [1.29, 1.82) is 0 Å². The minimum atomic E-state index is -1.11. The van der Waals surface area contributed by atoms with E-state index in [1.165, 1.54) is 57.5 Å². The number of halogens is 1. The first-order valence-corrected chi connectivity index (χ1v) is 8.59. The minimum Gasteiger partial charge on any atom is -0.497 e. The van der Waals surface area contributed by atoms with E-state index in [0.29, 0.717) is 17.2 Å². The van der Waals surface area contributed by atoms with Crippen LogP contribution >= 0.6 is 0 Å². The van der Waals surface area contributed by atoms with Gasteiger partial charge >= 0.3 is 5.97 Å². The zero-order valence-electron chi connectivity index (χ0n) is 16.2.